The van der Waals surface area contributed by atoms with E-state index >= 15 is 0 Å². The van der Waals surface area contributed by atoms with Crippen LogP contribution in [0.15, 0.2) is 85.1 Å². The molecule has 5 rings (SSSR count). The molecule has 0 bridgehead atoms. The van der Waals surface area contributed by atoms with Gasteiger partial charge in [0.2, 0.25) is 5.91 Å². The molecule has 0 saturated carbocycles. The molecule has 1 aliphatic rings. The first-order valence-electron chi connectivity index (χ1n) is 11.3. The molecule has 1 aliphatic heterocycles. The number of carbonyl (C=O) groups is 2. The van der Waals surface area contributed by atoms with Crippen LogP contribution in [0.5, 0.6) is 0 Å². The molecule has 0 aliphatic carbocycles. The van der Waals surface area contributed by atoms with Crippen LogP contribution in [0.4, 0.5) is 21.6 Å². The van der Waals surface area contributed by atoms with Crippen molar-refractivity contribution in [1.29, 1.82) is 0 Å². The van der Waals surface area contributed by atoms with E-state index in [2.05, 4.69) is 10.3 Å². The van der Waals surface area contributed by atoms with E-state index in [1.165, 1.54) is 24.3 Å². The monoisotopic (exact) mass is 465 g/mol. The Morgan fingerprint density at radius 1 is 0.971 bits per heavy atom. The number of anilines is 3. The molecular formula is C29H24FN3O2. The zero-order valence-corrected chi connectivity index (χ0v) is 19.7. The normalized spacial score (nSPS) is 14.1. The summed E-state index contributed by atoms with van der Waals surface area (Å²) in [6, 6.07) is 22.7. The van der Waals surface area contributed by atoms with Crippen molar-refractivity contribution in [2.45, 2.75) is 26.2 Å². The van der Waals surface area contributed by atoms with Crippen LogP contribution < -0.4 is 10.2 Å². The first kappa shape index (κ1) is 22.5. The molecule has 0 fully saturated rings. The highest BCUT2D eigenvalue weighted by Crippen LogP contribution is 2.49. The molecule has 4 aromatic rings. The highest BCUT2D eigenvalue weighted by Gasteiger charge is 2.46. The van der Waals surface area contributed by atoms with Gasteiger partial charge in [0.05, 0.1) is 11.1 Å². The fourth-order valence-corrected chi connectivity index (χ4v) is 4.60. The van der Waals surface area contributed by atoms with Gasteiger partial charge < -0.3 is 5.32 Å². The lowest BCUT2D eigenvalue weighted by molar-refractivity contribution is -0.121. The maximum atomic E-state index is 13.5. The number of pyridine rings is 1. The van der Waals surface area contributed by atoms with Crippen molar-refractivity contribution < 1.29 is 14.0 Å². The van der Waals surface area contributed by atoms with E-state index in [0.29, 0.717) is 17.1 Å². The highest BCUT2D eigenvalue weighted by molar-refractivity contribution is 6.14. The highest BCUT2D eigenvalue weighted by atomic mass is 19.1. The molecule has 0 atom stereocenters. The van der Waals surface area contributed by atoms with Crippen molar-refractivity contribution in [3.63, 3.8) is 0 Å². The molecule has 1 aromatic heterocycles. The van der Waals surface area contributed by atoms with Crippen molar-refractivity contribution >= 4 is 29.0 Å². The van der Waals surface area contributed by atoms with Gasteiger partial charge in [0.25, 0.3) is 5.91 Å². The fraction of sp³-hybridized carbons (Fsp3) is 0.138. The smallest absolute Gasteiger partial charge is 0.255 e. The molecule has 1 N–H and O–H groups in total. The first-order valence-corrected chi connectivity index (χ1v) is 11.3. The van der Waals surface area contributed by atoms with Crippen LogP contribution in [0.3, 0.4) is 0 Å². The van der Waals surface area contributed by atoms with E-state index in [-0.39, 0.29) is 17.6 Å². The number of hydrogen-bond donors (Lipinski definition) is 1. The van der Waals surface area contributed by atoms with Crippen molar-refractivity contribution in [3.8, 4) is 11.1 Å². The maximum absolute atomic E-state index is 13.5. The number of aromatic nitrogens is 1. The summed E-state index contributed by atoms with van der Waals surface area (Å²) < 4.78 is 13.2. The maximum Gasteiger partial charge on any atom is 0.255 e. The van der Waals surface area contributed by atoms with Gasteiger partial charge in [-0.2, -0.15) is 0 Å². The number of fused-ring (bicyclic) bond motifs is 1. The van der Waals surface area contributed by atoms with Gasteiger partial charge in [-0.25, -0.2) is 9.37 Å². The number of nitrogens with one attached hydrogen (secondary N) is 1. The number of aryl methyl sites for hydroxylation is 1. The summed E-state index contributed by atoms with van der Waals surface area (Å²) in [5.41, 5.74) is 4.44. The largest absolute Gasteiger partial charge is 0.322 e. The molecule has 174 valence electrons. The predicted octanol–water partition coefficient (Wildman–Crippen LogP) is 6.40. The topological polar surface area (TPSA) is 62.3 Å². The molecule has 2 heterocycles. The Labute approximate surface area is 203 Å². The minimum absolute atomic E-state index is 0.0555. The van der Waals surface area contributed by atoms with E-state index in [9.17, 15) is 14.0 Å². The number of rotatable bonds is 4. The van der Waals surface area contributed by atoms with Crippen molar-refractivity contribution in [1.82, 2.24) is 4.98 Å². The number of amides is 2. The second kappa shape index (κ2) is 8.47. The van der Waals surface area contributed by atoms with E-state index < -0.39 is 5.41 Å². The molecule has 0 spiro atoms. The minimum atomic E-state index is -0.787. The molecule has 2 amide bonds. The molecule has 6 heteroatoms. The van der Waals surface area contributed by atoms with Gasteiger partial charge in [0.1, 0.15) is 11.6 Å². The van der Waals surface area contributed by atoms with E-state index in [1.54, 1.807) is 11.1 Å². The Bertz CT molecular complexity index is 1450. The van der Waals surface area contributed by atoms with E-state index in [1.807, 2.05) is 75.4 Å². The second-order valence-corrected chi connectivity index (χ2v) is 9.14. The summed E-state index contributed by atoms with van der Waals surface area (Å²) in [6.45, 7) is 5.70. The molecular weight excluding hydrogens is 441 g/mol. The third-order valence-electron chi connectivity index (χ3n) is 6.42. The van der Waals surface area contributed by atoms with Crippen LogP contribution >= 0.6 is 0 Å². The van der Waals surface area contributed by atoms with Crippen molar-refractivity contribution in [2.75, 3.05) is 10.2 Å². The summed E-state index contributed by atoms with van der Waals surface area (Å²) in [4.78, 5) is 32.7. The summed E-state index contributed by atoms with van der Waals surface area (Å²) in [7, 11) is 0. The van der Waals surface area contributed by atoms with Crippen LogP contribution in [0.2, 0.25) is 0 Å². The van der Waals surface area contributed by atoms with Gasteiger partial charge in [-0.1, -0.05) is 30.3 Å². The SMILES string of the molecule is Cc1ccc(-c2cccc3c2C(C)(C)C(=O)N3c2ccccn2)cc1C(=O)Nc1ccc(F)cc1. The summed E-state index contributed by atoms with van der Waals surface area (Å²) >= 11 is 0. The van der Waals surface area contributed by atoms with Crippen LogP contribution in [-0.2, 0) is 10.2 Å². The first-order chi connectivity index (χ1) is 16.8. The Morgan fingerprint density at radius 3 is 2.46 bits per heavy atom. The number of halogens is 1. The number of carbonyl (C=O) groups excluding carboxylic acids is 2. The zero-order valence-electron chi connectivity index (χ0n) is 19.7. The molecule has 0 unspecified atom stereocenters. The van der Waals surface area contributed by atoms with Crippen LogP contribution in [0.25, 0.3) is 11.1 Å². The Hall–Kier alpha value is -4.32. The molecule has 0 saturated heterocycles. The van der Waals surface area contributed by atoms with Gasteiger partial charge in [-0.3, -0.25) is 14.5 Å². The lowest BCUT2D eigenvalue weighted by Crippen LogP contribution is -2.33. The molecule has 5 nitrogen and oxygen atoms in total. The van der Waals surface area contributed by atoms with Gasteiger partial charge in [-0.05, 0) is 91.6 Å². The van der Waals surface area contributed by atoms with Crippen LogP contribution in [0, 0.1) is 12.7 Å². The Morgan fingerprint density at radius 2 is 1.74 bits per heavy atom. The fourth-order valence-electron chi connectivity index (χ4n) is 4.60. The van der Waals surface area contributed by atoms with Crippen molar-refractivity contribution in [3.05, 3.63) is 108 Å². The van der Waals surface area contributed by atoms with E-state index in [0.717, 1.165) is 27.9 Å². The average molecular weight is 466 g/mol. The van der Waals surface area contributed by atoms with Crippen LogP contribution in [0.1, 0.15) is 35.3 Å². The van der Waals surface area contributed by atoms with Crippen LogP contribution in [-0.4, -0.2) is 16.8 Å². The predicted molar refractivity (Wildman–Crippen MR) is 135 cm³/mol. The molecule has 0 radical (unpaired) electrons. The standard InChI is InChI=1S/C29H24FN3O2/c1-18-10-11-19(17-23(18)27(34)32-21-14-12-20(30)13-15-21)22-7-6-8-24-26(22)29(2,3)28(35)33(24)25-9-4-5-16-31-25/h4-17H,1-3H3,(H,32,34). The zero-order chi connectivity index (χ0) is 24.7. The van der Waals surface area contributed by atoms with Gasteiger partial charge in [0.15, 0.2) is 0 Å². The lowest BCUT2D eigenvalue weighted by Gasteiger charge is -2.20. The Balaban J connectivity index is 1.58. The van der Waals surface area contributed by atoms with Gasteiger partial charge in [0, 0.05) is 17.4 Å². The van der Waals surface area contributed by atoms with Gasteiger partial charge >= 0.3 is 0 Å². The van der Waals surface area contributed by atoms with Gasteiger partial charge in [-0.15, -0.1) is 0 Å². The summed E-state index contributed by atoms with van der Waals surface area (Å²) in [5, 5.41) is 2.83. The molecule has 35 heavy (non-hydrogen) atoms. The summed E-state index contributed by atoms with van der Waals surface area (Å²) in [5.74, 6) is -0.130. The average Bonchev–Trinajstić information content (AvgIpc) is 3.06. The van der Waals surface area contributed by atoms with Crippen molar-refractivity contribution in [2.24, 2.45) is 0 Å². The third kappa shape index (κ3) is 3.87. The Kier molecular flexibility index (Phi) is 5.44. The number of hydrogen-bond acceptors (Lipinski definition) is 3. The third-order valence-corrected chi connectivity index (χ3v) is 6.42. The quantitative estimate of drug-likeness (QED) is 0.379. The second-order valence-electron chi connectivity index (χ2n) is 9.14. The van der Waals surface area contributed by atoms with E-state index in [4.69, 9.17) is 0 Å². The summed E-state index contributed by atoms with van der Waals surface area (Å²) in [6.07, 6.45) is 1.67. The number of nitrogens with zero attached hydrogens (tertiary/aromatic N) is 2. The lowest BCUT2D eigenvalue weighted by atomic mass is 9.81. The number of benzene rings is 3. The molecule has 3 aromatic carbocycles. The minimum Gasteiger partial charge on any atom is -0.322 e.